The van der Waals surface area contributed by atoms with E-state index in [1.54, 1.807) is 6.20 Å². The summed E-state index contributed by atoms with van der Waals surface area (Å²) in [4.78, 5) is 4.23. The Bertz CT molecular complexity index is 521. The number of hydrogen-bond acceptors (Lipinski definition) is 3. The van der Waals surface area contributed by atoms with Crippen molar-refractivity contribution in [3.63, 3.8) is 0 Å². The smallest absolute Gasteiger partial charge is 0.145 e. The van der Waals surface area contributed by atoms with Crippen molar-refractivity contribution >= 4 is 0 Å². The third-order valence-electron chi connectivity index (χ3n) is 2.70. The third-order valence-corrected chi connectivity index (χ3v) is 2.70. The van der Waals surface area contributed by atoms with Gasteiger partial charge in [-0.25, -0.2) is 0 Å². The van der Waals surface area contributed by atoms with Crippen molar-refractivity contribution in [2.24, 2.45) is 0 Å². The van der Waals surface area contributed by atoms with E-state index in [1.807, 2.05) is 32.2 Å². The lowest BCUT2D eigenvalue weighted by atomic mass is 10.1. The van der Waals surface area contributed by atoms with Crippen LogP contribution in [0.25, 0.3) is 0 Å². The van der Waals surface area contributed by atoms with Crippen LogP contribution in [0.15, 0.2) is 36.5 Å². The SMILES string of the molecule is CNCc1cc(C)ccc1Oc1ccc(C)nc1. The van der Waals surface area contributed by atoms with Gasteiger partial charge in [-0.1, -0.05) is 17.7 Å². The highest BCUT2D eigenvalue weighted by Gasteiger charge is 2.05. The summed E-state index contributed by atoms with van der Waals surface area (Å²) in [6, 6.07) is 10.1. The maximum absolute atomic E-state index is 5.87. The first kappa shape index (κ1) is 12.6. The first-order chi connectivity index (χ1) is 8.69. The van der Waals surface area contributed by atoms with Crippen LogP contribution in [-0.2, 0) is 6.54 Å². The van der Waals surface area contributed by atoms with Crippen molar-refractivity contribution in [2.45, 2.75) is 20.4 Å². The van der Waals surface area contributed by atoms with E-state index in [-0.39, 0.29) is 0 Å². The van der Waals surface area contributed by atoms with E-state index in [2.05, 4.69) is 29.4 Å². The first-order valence-electron chi connectivity index (χ1n) is 6.03. The fraction of sp³-hybridized carbons (Fsp3) is 0.267. The van der Waals surface area contributed by atoms with Crippen LogP contribution in [0.5, 0.6) is 11.5 Å². The molecular weight excluding hydrogens is 224 g/mol. The summed E-state index contributed by atoms with van der Waals surface area (Å²) in [6.45, 7) is 4.83. The van der Waals surface area contributed by atoms with Crippen LogP contribution < -0.4 is 10.1 Å². The molecule has 0 bridgehead atoms. The lowest BCUT2D eigenvalue weighted by Gasteiger charge is -2.11. The molecule has 2 aromatic rings. The summed E-state index contributed by atoms with van der Waals surface area (Å²) in [7, 11) is 1.93. The molecule has 94 valence electrons. The minimum atomic E-state index is 0.766. The Morgan fingerprint density at radius 1 is 1.17 bits per heavy atom. The molecule has 0 aliphatic rings. The van der Waals surface area contributed by atoms with Crippen molar-refractivity contribution in [1.29, 1.82) is 0 Å². The van der Waals surface area contributed by atoms with Crippen LogP contribution in [0, 0.1) is 13.8 Å². The van der Waals surface area contributed by atoms with Crippen LogP contribution in [0.4, 0.5) is 0 Å². The molecule has 3 nitrogen and oxygen atoms in total. The fourth-order valence-corrected chi connectivity index (χ4v) is 1.78. The van der Waals surface area contributed by atoms with Gasteiger partial charge in [-0.3, -0.25) is 4.98 Å². The fourth-order valence-electron chi connectivity index (χ4n) is 1.78. The Morgan fingerprint density at radius 2 is 2.00 bits per heavy atom. The highest BCUT2D eigenvalue weighted by Crippen LogP contribution is 2.25. The van der Waals surface area contributed by atoms with Gasteiger partial charge in [0.15, 0.2) is 0 Å². The quantitative estimate of drug-likeness (QED) is 0.894. The van der Waals surface area contributed by atoms with E-state index < -0.39 is 0 Å². The van der Waals surface area contributed by atoms with Crippen molar-refractivity contribution in [3.8, 4) is 11.5 Å². The van der Waals surface area contributed by atoms with E-state index in [9.17, 15) is 0 Å². The number of nitrogens with one attached hydrogen (secondary N) is 1. The predicted molar refractivity (Wildman–Crippen MR) is 73.0 cm³/mol. The molecule has 0 saturated heterocycles. The summed E-state index contributed by atoms with van der Waals surface area (Å²) in [6.07, 6.45) is 1.75. The second kappa shape index (κ2) is 5.65. The Kier molecular flexibility index (Phi) is 3.95. The van der Waals surface area contributed by atoms with Crippen molar-refractivity contribution in [2.75, 3.05) is 7.05 Å². The Morgan fingerprint density at radius 3 is 2.67 bits per heavy atom. The van der Waals surface area contributed by atoms with Gasteiger partial charge in [0.2, 0.25) is 0 Å². The molecule has 2 rings (SSSR count). The Balaban J connectivity index is 2.25. The van der Waals surface area contributed by atoms with Crippen LogP contribution >= 0.6 is 0 Å². The monoisotopic (exact) mass is 242 g/mol. The number of benzene rings is 1. The molecule has 0 radical (unpaired) electrons. The average molecular weight is 242 g/mol. The molecule has 1 N–H and O–H groups in total. The molecule has 0 atom stereocenters. The maximum Gasteiger partial charge on any atom is 0.145 e. The molecule has 0 unspecified atom stereocenters. The van der Waals surface area contributed by atoms with Crippen LogP contribution in [-0.4, -0.2) is 12.0 Å². The summed E-state index contributed by atoms with van der Waals surface area (Å²) in [5, 5.41) is 3.15. The molecule has 1 aromatic carbocycles. The molecule has 1 heterocycles. The Labute approximate surface area is 108 Å². The first-order valence-corrected chi connectivity index (χ1v) is 6.03. The number of ether oxygens (including phenoxy) is 1. The van der Waals surface area contributed by atoms with Gasteiger partial charge >= 0.3 is 0 Å². The van der Waals surface area contributed by atoms with Crippen LogP contribution in [0.1, 0.15) is 16.8 Å². The third kappa shape index (κ3) is 3.08. The molecule has 0 fully saturated rings. The number of hydrogen-bond donors (Lipinski definition) is 1. The number of aryl methyl sites for hydroxylation is 2. The highest BCUT2D eigenvalue weighted by atomic mass is 16.5. The minimum absolute atomic E-state index is 0.766. The summed E-state index contributed by atoms with van der Waals surface area (Å²) < 4.78 is 5.87. The molecule has 18 heavy (non-hydrogen) atoms. The van der Waals surface area contributed by atoms with Gasteiger partial charge in [-0.15, -0.1) is 0 Å². The molecule has 0 aliphatic carbocycles. The van der Waals surface area contributed by atoms with E-state index in [0.29, 0.717) is 0 Å². The number of rotatable bonds is 4. The predicted octanol–water partition coefficient (Wildman–Crippen LogP) is 3.21. The zero-order chi connectivity index (χ0) is 13.0. The standard InChI is InChI=1S/C15H18N2O/c1-11-4-7-15(13(8-11)9-16-3)18-14-6-5-12(2)17-10-14/h4-8,10,16H,9H2,1-3H3. The van der Waals surface area contributed by atoms with Gasteiger partial charge in [0.1, 0.15) is 11.5 Å². The van der Waals surface area contributed by atoms with Crippen LogP contribution in [0.3, 0.4) is 0 Å². The zero-order valence-corrected chi connectivity index (χ0v) is 11.0. The maximum atomic E-state index is 5.87. The summed E-state index contributed by atoms with van der Waals surface area (Å²) >= 11 is 0. The Hall–Kier alpha value is -1.87. The van der Waals surface area contributed by atoms with Gasteiger partial charge < -0.3 is 10.1 Å². The van der Waals surface area contributed by atoms with E-state index in [4.69, 9.17) is 4.74 Å². The molecule has 1 aromatic heterocycles. The summed E-state index contributed by atoms with van der Waals surface area (Å²) in [5.74, 6) is 1.64. The number of aromatic nitrogens is 1. The molecule has 0 amide bonds. The van der Waals surface area contributed by atoms with Gasteiger partial charge in [0.05, 0.1) is 6.20 Å². The van der Waals surface area contributed by atoms with Crippen molar-refractivity contribution in [3.05, 3.63) is 53.3 Å². The van der Waals surface area contributed by atoms with Gasteiger partial charge in [-0.2, -0.15) is 0 Å². The van der Waals surface area contributed by atoms with Gasteiger partial charge in [-0.05, 0) is 39.1 Å². The van der Waals surface area contributed by atoms with E-state index in [1.165, 1.54) is 5.56 Å². The van der Waals surface area contributed by atoms with Gasteiger partial charge in [0, 0.05) is 17.8 Å². The van der Waals surface area contributed by atoms with E-state index in [0.717, 1.165) is 29.3 Å². The number of nitrogens with zero attached hydrogens (tertiary/aromatic N) is 1. The normalized spacial score (nSPS) is 10.4. The second-order valence-electron chi connectivity index (χ2n) is 4.38. The average Bonchev–Trinajstić information content (AvgIpc) is 2.36. The molecular formula is C15H18N2O. The lowest BCUT2D eigenvalue weighted by Crippen LogP contribution is -2.06. The molecule has 0 spiro atoms. The lowest BCUT2D eigenvalue weighted by molar-refractivity contribution is 0.471. The molecule has 0 saturated carbocycles. The number of pyridine rings is 1. The van der Waals surface area contributed by atoms with E-state index >= 15 is 0 Å². The minimum Gasteiger partial charge on any atom is -0.455 e. The second-order valence-corrected chi connectivity index (χ2v) is 4.38. The van der Waals surface area contributed by atoms with Gasteiger partial charge in [0.25, 0.3) is 0 Å². The largest absolute Gasteiger partial charge is 0.455 e. The summed E-state index contributed by atoms with van der Waals surface area (Å²) in [5.41, 5.74) is 3.37. The molecule has 0 aliphatic heterocycles. The highest BCUT2D eigenvalue weighted by molar-refractivity contribution is 5.39. The topological polar surface area (TPSA) is 34.1 Å². The van der Waals surface area contributed by atoms with Crippen LogP contribution in [0.2, 0.25) is 0 Å². The van der Waals surface area contributed by atoms with Crippen molar-refractivity contribution < 1.29 is 4.74 Å². The zero-order valence-electron chi connectivity index (χ0n) is 11.0. The molecule has 3 heteroatoms. The van der Waals surface area contributed by atoms with Crippen molar-refractivity contribution in [1.82, 2.24) is 10.3 Å².